The molecule has 3 aliphatic carbocycles. The van der Waals surface area contributed by atoms with Crippen molar-refractivity contribution in [2.45, 2.75) is 50.5 Å². The molecular weight excluding hydrogens is 290 g/mol. The number of hydrogen-bond acceptors (Lipinski definition) is 3. The molecular formula is C18H27N3O2. The number of carbonyl (C=O) groups is 2. The zero-order valence-electron chi connectivity index (χ0n) is 13.7. The Labute approximate surface area is 137 Å². The van der Waals surface area contributed by atoms with Crippen molar-refractivity contribution in [3.63, 3.8) is 0 Å². The molecule has 3 fully saturated rings. The fourth-order valence-electron chi connectivity index (χ4n) is 4.98. The van der Waals surface area contributed by atoms with Crippen molar-refractivity contribution in [3.8, 4) is 0 Å². The van der Waals surface area contributed by atoms with Gasteiger partial charge in [0, 0.05) is 6.54 Å². The number of carbonyl (C=O) groups excluding carboxylic acids is 2. The molecule has 1 spiro atoms. The van der Waals surface area contributed by atoms with Gasteiger partial charge in [0.2, 0.25) is 0 Å². The van der Waals surface area contributed by atoms with Crippen LogP contribution in [0.4, 0.5) is 4.79 Å². The van der Waals surface area contributed by atoms with E-state index in [0.29, 0.717) is 6.54 Å². The molecule has 3 amide bonds. The Bertz CT molecular complexity index is 524. The monoisotopic (exact) mass is 317 g/mol. The van der Waals surface area contributed by atoms with E-state index in [1.165, 1.54) is 17.7 Å². The van der Waals surface area contributed by atoms with Crippen LogP contribution >= 0.6 is 0 Å². The predicted octanol–water partition coefficient (Wildman–Crippen LogP) is 2.04. The van der Waals surface area contributed by atoms with E-state index < -0.39 is 5.54 Å². The summed E-state index contributed by atoms with van der Waals surface area (Å²) in [5, 5.41) is 6.47. The minimum atomic E-state index is -0.556. The van der Waals surface area contributed by atoms with Gasteiger partial charge in [-0.2, -0.15) is 0 Å². The van der Waals surface area contributed by atoms with Gasteiger partial charge in [0.05, 0.1) is 0 Å². The SMILES string of the molecule is O=C1NC2(CCCC2)C(=O)N1CCCNCC1CC2C=CC1C2. The third-order valence-electron chi connectivity index (χ3n) is 6.26. The number of nitrogens with zero attached hydrogens (tertiary/aromatic N) is 1. The summed E-state index contributed by atoms with van der Waals surface area (Å²) in [7, 11) is 0. The molecule has 3 unspecified atom stereocenters. The van der Waals surface area contributed by atoms with Crippen molar-refractivity contribution in [1.82, 2.24) is 15.5 Å². The summed E-state index contributed by atoms with van der Waals surface area (Å²) in [6, 6.07) is -0.185. The van der Waals surface area contributed by atoms with Crippen LogP contribution in [-0.4, -0.2) is 42.0 Å². The van der Waals surface area contributed by atoms with E-state index in [1.54, 1.807) is 0 Å². The lowest BCUT2D eigenvalue weighted by Crippen LogP contribution is -2.44. The Kier molecular flexibility index (Phi) is 3.92. The number of hydrogen-bond donors (Lipinski definition) is 2. The van der Waals surface area contributed by atoms with Crippen LogP contribution in [-0.2, 0) is 4.79 Å². The van der Waals surface area contributed by atoms with Crippen LogP contribution in [0.2, 0.25) is 0 Å². The maximum Gasteiger partial charge on any atom is 0.325 e. The molecule has 3 atom stereocenters. The van der Waals surface area contributed by atoms with Crippen LogP contribution in [0.15, 0.2) is 12.2 Å². The lowest BCUT2D eigenvalue weighted by Gasteiger charge is -2.20. The Morgan fingerprint density at radius 1 is 1.22 bits per heavy atom. The zero-order valence-corrected chi connectivity index (χ0v) is 13.7. The van der Waals surface area contributed by atoms with Gasteiger partial charge in [-0.3, -0.25) is 9.69 Å². The lowest BCUT2D eigenvalue weighted by atomic mass is 9.94. The number of rotatable bonds is 6. The maximum atomic E-state index is 12.5. The average molecular weight is 317 g/mol. The van der Waals surface area contributed by atoms with Gasteiger partial charge in [0.25, 0.3) is 5.91 Å². The van der Waals surface area contributed by atoms with Gasteiger partial charge < -0.3 is 10.6 Å². The van der Waals surface area contributed by atoms with Gasteiger partial charge in [0.1, 0.15) is 5.54 Å². The average Bonchev–Trinajstić information content (AvgIpc) is 3.29. The largest absolute Gasteiger partial charge is 0.325 e. The smallest absolute Gasteiger partial charge is 0.323 e. The number of imide groups is 1. The highest BCUT2D eigenvalue weighted by Crippen LogP contribution is 2.42. The fraction of sp³-hybridized carbons (Fsp3) is 0.778. The molecule has 5 nitrogen and oxygen atoms in total. The summed E-state index contributed by atoms with van der Waals surface area (Å²) in [5.74, 6) is 2.39. The summed E-state index contributed by atoms with van der Waals surface area (Å²) in [5.41, 5.74) is -0.556. The van der Waals surface area contributed by atoms with Gasteiger partial charge in [-0.1, -0.05) is 25.0 Å². The number of fused-ring (bicyclic) bond motifs is 2. The second-order valence-corrected chi connectivity index (χ2v) is 7.77. The van der Waals surface area contributed by atoms with Gasteiger partial charge in [0.15, 0.2) is 0 Å². The van der Waals surface area contributed by atoms with E-state index in [0.717, 1.165) is 62.9 Å². The molecule has 2 bridgehead atoms. The first-order chi connectivity index (χ1) is 11.2. The molecule has 0 aromatic rings. The van der Waals surface area contributed by atoms with Crippen molar-refractivity contribution in [2.75, 3.05) is 19.6 Å². The van der Waals surface area contributed by atoms with Gasteiger partial charge >= 0.3 is 6.03 Å². The first-order valence-electron chi connectivity index (χ1n) is 9.21. The van der Waals surface area contributed by atoms with E-state index in [9.17, 15) is 9.59 Å². The minimum absolute atomic E-state index is 0.0123. The Morgan fingerprint density at radius 2 is 2.04 bits per heavy atom. The molecule has 1 saturated heterocycles. The van der Waals surface area contributed by atoms with E-state index in [2.05, 4.69) is 22.8 Å². The van der Waals surface area contributed by atoms with Gasteiger partial charge in [-0.25, -0.2) is 4.79 Å². The molecule has 1 heterocycles. The first-order valence-corrected chi connectivity index (χ1v) is 9.21. The Balaban J connectivity index is 1.19. The summed E-state index contributed by atoms with van der Waals surface area (Å²) in [6.07, 6.45) is 12.0. The van der Waals surface area contributed by atoms with E-state index in [1.807, 2.05) is 0 Å². The molecule has 0 aromatic heterocycles. The molecule has 4 aliphatic rings. The molecule has 0 aromatic carbocycles. The normalized spacial score (nSPS) is 34.1. The molecule has 1 aliphatic heterocycles. The Hall–Kier alpha value is -1.36. The van der Waals surface area contributed by atoms with Gasteiger partial charge in [-0.05, 0) is 62.9 Å². The van der Waals surface area contributed by atoms with Crippen LogP contribution in [0, 0.1) is 17.8 Å². The minimum Gasteiger partial charge on any atom is -0.323 e. The topological polar surface area (TPSA) is 61.4 Å². The van der Waals surface area contributed by atoms with Crippen LogP contribution in [0.5, 0.6) is 0 Å². The van der Waals surface area contributed by atoms with Crippen LogP contribution in [0.25, 0.3) is 0 Å². The second kappa shape index (κ2) is 5.93. The number of allylic oxidation sites excluding steroid dienone is 2. The highest BCUT2D eigenvalue weighted by Gasteiger charge is 2.51. The standard InChI is InChI=1S/C18H27N3O2/c22-16-18(6-1-2-7-18)20-17(23)21(16)9-3-8-19-12-15-11-13-4-5-14(15)10-13/h4-5,13-15,19H,1-3,6-12H2,(H,20,23). The van der Waals surface area contributed by atoms with E-state index in [-0.39, 0.29) is 11.9 Å². The molecule has 23 heavy (non-hydrogen) atoms. The third kappa shape index (κ3) is 2.69. The second-order valence-electron chi connectivity index (χ2n) is 7.77. The number of urea groups is 1. The van der Waals surface area contributed by atoms with E-state index in [4.69, 9.17) is 0 Å². The molecule has 5 heteroatoms. The number of amides is 3. The van der Waals surface area contributed by atoms with Crippen molar-refractivity contribution < 1.29 is 9.59 Å². The highest BCUT2D eigenvalue weighted by atomic mass is 16.2. The van der Waals surface area contributed by atoms with Crippen molar-refractivity contribution in [1.29, 1.82) is 0 Å². The predicted molar refractivity (Wildman–Crippen MR) is 87.8 cm³/mol. The molecule has 4 rings (SSSR count). The fourth-order valence-corrected chi connectivity index (χ4v) is 4.98. The van der Waals surface area contributed by atoms with Crippen LogP contribution in [0.1, 0.15) is 44.9 Å². The summed E-state index contributed by atoms with van der Waals surface area (Å²) >= 11 is 0. The summed E-state index contributed by atoms with van der Waals surface area (Å²) in [4.78, 5) is 26.0. The van der Waals surface area contributed by atoms with E-state index >= 15 is 0 Å². The quantitative estimate of drug-likeness (QED) is 0.448. The van der Waals surface area contributed by atoms with Crippen LogP contribution < -0.4 is 10.6 Å². The summed E-state index contributed by atoms with van der Waals surface area (Å²) in [6.45, 7) is 2.48. The summed E-state index contributed by atoms with van der Waals surface area (Å²) < 4.78 is 0. The van der Waals surface area contributed by atoms with Crippen LogP contribution in [0.3, 0.4) is 0 Å². The molecule has 126 valence electrons. The lowest BCUT2D eigenvalue weighted by molar-refractivity contribution is -0.131. The van der Waals surface area contributed by atoms with Crippen molar-refractivity contribution >= 4 is 11.9 Å². The number of nitrogens with one attached hydrogen (secondary N) is 2. The third-order valence-corrected chi connectivity index (χ3v) is 6.26. The zero-order chi connectivity index (χ0) is 15.9. The van der Waals surface area contributed by atoms with Crippen molar-refractivity contribution in [3.05, 3.63) is 12.2 Å². The molecule has 0 radical (unpaired) electrons. The van der Waals surface area contributed by atoms with Gasteiger partial charge in [-0.15, -0.1) is 0 Å². The Morgan fingerprint density at radius 3 is 2.74 bits per heavy atom. The van der Waals surface area contributed by atoms with Crippen molar-refractivity contribution in [2.24, 2.45) is 17.8 Å². The first kappa shape index (κ1) is 15.2. The maximum absolute atomic E-state index is 12.5. The highest BCUT2D eigenvalue weighted by molar-refractivity contribution is 6.07. The molecule has 2 saturated carbocycles. The molecule has 2 N–H and O–H groups in total.